The van der Waals surface area contributed by atoms with Crippen molar-refractivity contribution >= 4 is 52.7 Å². The average Bonchev–Trinajstić information content (AvgIpc) is 3.35. The summed E-state index contributed by atoms with van der Waals surface area (Å²) in [6, 6.07) is 0. The summed E-state index contributed by atoms with van der Waals surface area (Å²) < 4.78 is 22.3. The molecule has 0 N–H and O–H groups in total. The fraction of sp³-hybridized carbons (Fsp3) is 0.625. The highest BCUT2D eigenvalue weighted by Crippen LogP contribution is 2.28. The lowest BCUT2D eigenvalue weighted by molar-refractivity contribution is 0.313. The van der Waals surface area contributed by atoms with Crippen LogP contribution in [0.15, 0.2) is 22.0 Å². The van der Waals surface area contributed by atoms with E-state index in [1.807, 2.05) is 11.6 Å². The van der Waals surface area contributed by atoms with Gasteiger partial charge >= 0.3 is 0 Å². The quantitative estimate of drug-likeness (QED) is 0.636. The second-order valence-electron chi connectivity index (χ2n) is 6.80. The van der Waals surface area contributed by atoms with Crippen LogP contribution in [0.3, 0.4) is 0 Å². The maximum Gasteiger partial charge on any atom is 0.272 e. The first-order valence-corrected chi connectivity index (χ1v) is 13.0. The van der Waals surface area contributed by atoms with Gasteiger partial charge in [0.25, 0.3) is 9.05 Å². The monoisotopic (exact) mass is 464 g/mol. The van der Waals surface area contributed by atoms with Crippen molar-refractivity contribution in [2.24, 2.45) is 0 Å². The molecule has 8 nitrogen and oxygen atoms in total. The van der Waals surface area contributed by atoms with Crippen LogP contribution in [0.1, 0.15) is 0 Å². The van der Waals surface area contributed by atoms with Crippen molar-refractivity contribution in [1.29, 1.82) is 0 Å². The van der Waals surface area contributed by atoms with Crippen LogP contribution in [0.4, 0.5) is 10.3 Å². The summed E-state index contributed by atoms with van der Waals surface area (Å²) in [4.78, 5) is 17.4. The molecule has 2 aromatic rings. The second kappa shape index (κ2) is 9.68. The van der Waals surface area contributed by atoms with E-state index in [1.165, 1.54) is 11.3 Å². The molecule has 28 heavy (non-hydrogen) atoms. The van der Waals surface area contributed by atoms with Crippen LogP contribution in [0.2, 0.25) is 0 Å². The standard InChI is InChI=1S/C8H12ClN3O2S2.C8H13N3S/c1-11-2-4-12(5-3-11)8-10-6-7(15-8)16(9,13)14;1-10-3-5-11(6-4-10)8-9-2-7-12-8/h6H,2-5H2,1H3;2,7H,3-6H2,1H3. The van der Waals surface area contributed by atoms with Gasteiger partial charge < -0.3 is 19.6 Å². The Morgan fingerprint density at radius 2 is 1.43 bits per heavy atom. The average molecular weight is 465 g/mol. The Labute approximate surface area is 178 Å². The van der Waals surface area contributed by atoms with Crippen LogP contribution in [-0.4, -0.2) is 94.6 Å². The number of anilines is 2. The smallest absolute Gasteiger partial charge is 0.272 e. The Bertz CT molecular complexity index is 828. The number of likely N-dealkylation sites (N-methyl/N-ethyl adjacent to an activating group) is 2. The fourth-order valence-electron chi connectivity index (χ4n) is 2.88. The number of piperazine rings is 2. The number of aromatic nitrogens is 2. The van der Waals surface area contributed by atoms with Gasteiger partial charge in [0.15, 0.2) is 14.5 Å². The van der Waals surface area contributed by atoms with E-state index in [2.05, 4.69) is 43.7 Å². The van der Waals surface area contributed by atoms with Crippen LogP contribution >= 0.6 is 33.4 Å². The van der Waals surface area contributed by atoms with E-state index in [9.17, 15) is 8.42 Å². The molecule has 0 bridgehead atoms. The lowest BCUT2D eigenvalue weighted by Gasteiger charge is -2.31. The number of thiazole rings is 2. The second-order valence-corrected chi connectivity index (χ2v) is 11.5. The molecule has 2 aliphatic rings. The predicted octanol–water partition coefficient (Wildman–Crippen LogP) is 1.72. The minimum atomic E-state index is -3.64. The van der Waals surface area contributed by atoms with Crippen molar-refractivity contribution in [1.82, 2.24) is 19.8 Å². The molecule has 0 spiro atoms. The maximum atomic E-state index is 11.1. The summed E-state index contributed by atoms with van der Waals surface area (Å²) >= 11 is 2.85. The molecule has 2 saturated heterocycles. The molecule has 0 radical (unpaired) electrons. The first kappa shape index (κ1) is 21.7. The predicted molar refractivity (Wildman–Crippen MR) is 117 cm³/mol. The molecule has 2 aliphatic heterocycles. The zero-order valence-corrected chi connectivity index (χ0v) is 19.2. The van der Waals surface area contributed by atoms with E-state index >= 15 is 0 Å². The minimum absolute atomic E-state index is 0.114. The molecule has 0 amide bonds. The van der Waals surface area contributed by atoms with Crippen molar-refractivity contribution < 1.29 is 8.42 Å². The molecule has 0 atom stereocenters. The lowest BCUT2D eigenvalue weighted by atomic mass is 10.3. The molecule has 2 aromatic heterocycles. The number of rotatable bonds is 3. The molecular formula is C16H25ClN6O2S3. The van der Waals surface area contributed by atoms with Gasteiger partial charge in [-0.1, -0.05) is 11.3 Å². The molecule has 4 rings (SSSR count). The Hall–Kier alpha value is -0.980. The summed E-state index contributed by atoms with van der Waals surface area (Å²) in [5.74, 6) is 0. The van der Waals surface area contributed by atoms with Crippen molar-refractivity contribution in [3.05, 3.63) is 17.8 Å². The molecule has 0 unspecified atom stereocenters. The molecule has 0 aliphatic carbocycles. The number of nitrogens with zero attached hydrogens (tertiary/aromatic N) is 6. The summed E-state index contributed by atoms with van der Waals surface area (Å²) in [6.07, 6.45) is 3.19. The Balaban J connectivity index is 0.000000167. The number of hydrogen-bond donors (Lipinski definition) is 0. The van der Waals surface area contributed by atoms with Crippen LogP contribution in [-0.2, 0) is 9.05 Å². The van der Waals surface area contributed by atoms with Gasteiger partial charge in [-0.2, -0.15) is 0 Å². The van der Waals surface area contributed by atoms with Gasteiger partial charge in [0.05, 0.1) is 6.20 Å². The molecule has 0 aromatic carbocycles. The third-order valence-electron chi connectivity index (χ3n) is 4.68. The van der Waals surface area contributed by atoms with Crippen molar-refractivity contribution in [3.63, 3.8) is 0 Å². The minimum Gasteiger partial charge on any atom is -0.346 e. The molecule has 2 fully saturated rings. The zero-order valence-electron chi connectivity index (χ0n) is 16.0. The van der Waals surface area contributed by atoms with E-state index in [0.29, 0.717) is 0 Å². The highest BCUT2D eigenvalue weighted by molar-refractivity contribution is 8.15. The molecule has 4 heterocycles. The van der Waals surface area contributed by atoms with Gasteiger partial charge in [-0.05, 0) is 14.1 Å². The molecule has 12 heteroatoms. The topological polar surface area (TPSA) is 72.9 Å². The van der Waals surface area contributed by atoms with Crippen molar-refractivity contribution in [2.75, 3.05) is 76.3 Å². The third-order valence-corrected chi connectivity index (χ3v) is 8.63. The third kappa shape index (κ3) is 6.01. The molecule has 0 saturated carbocycles. The van der Waals surface area contributed by atoms with Crippen molar-refractivity contribution in [2.45, 2.75) is 4.21 Å². The van der Waals surface area contributed by atoms with Gasteiger partial charge in [-0.3, -0.25) is 0 Å². The molecular weight excluding hydrogens is 440 g/mol. The summed E-state index contributed by atoms with van der Waals surface area (Å²) in [5.41, 5.74) is 0. The summed E-state index contributed by atoms with van der Waals surface area (Å²) in [7, 11) is 5.84. The summed E-state index contributed by atoms with van der Waals surface area (Å²) in [5, 5.41) is 3.93. The number of halogens is 1. The van der Waals surface area contributed by atoms with Gasteiger partial charge in [0.2, 0.25) is 0 Å². The van der Waals surface area contributed by atoms with Crippen LogP contribution < -0.4 is 9.80 Å². The van der Waals surface area contributed by atoms with Crippen LogP contribution in [0, 0.1) is 0 Å². The van der Waals surface area contributed by atoms with Gasteiger partial charge in [-0.25, -0.2) is 18.4 Å². The Morgan fingerprint density at radius 1 is 0.893 bits per heavy atom. The summed E-state index contributed by atoms with van der Waals surface area (Å²) in [6.45, 7) is 8.19. The van der Waals surface area contributed by atoms with Crippen molar-refractivity contribution in [3.8, 4) is 0 Å². The van der Waals surface area contributed by atoms with Gasteiger partial charge in [-0.15, -0.1) is 11.3 Å². The Kier molecular flexibility index (Phi) is 7.51. The first-order chi connectivity index (χ1) is 13.3. The van der Waals surface area contributed by atoms with Gasteiger partial charge in [0, 0.05) is 74.6 Å². The van der Waals surface area contributed by atoms with Crippen LogP contribution in [0.25, 0.3) is 0 Å². The zero-order chi connectivity index (χ0) is 20.1. The van der Waals surface area contributed by atoms with Gasteiger partial charge in [0.1, 0.15) is 0 Å². The fourth-order valence-corrected chi connectivity index (χ4v) is 5.48. The number of hydrogen-bond acceptors (Lipinski definition) is 10. The molecule has 156 valence electrons. The van der Waals surface area contributed by atoms with E-state index < -0.39 is 9.05 Å². The maximum absolute atomic E-state index is 11.1. The lowest BCUT2D eigenvalue weighted by Crippen LogP contribution is -2.44. The Morgan fingerprint density at radius 3 is 1.86 bits per heavy atom. The van der Waals surface area contributed by atoms with E-state index in [-0.39, 0.29) is 4.21 Å². The van der Waals surface area contributed by atoms with E-state index in [0.717, 1.165) is 68.8 Å². The van der Waals surface area contributed by atoms with E-state index in [4.69, 9.17) is 10.7 Å². The van der Waals surface area contributed by atoms with E-state index in [1.54, 1.807) is 11.3 Å². The first-order valence-electron chi connectivity index (χ1n) is 9.00. The highest BCUT2D eigenvalue weighted by atomic mass is 35.7. The normalized spacial score (nSPS) is 19.4. The largest absolute Gasteiger partial charge is 0.346 e. The highest BCUT2D eigenvalue weighted by Gasteiger charge is 2.20. The van der Waals surface area contributed by atoms with Crippen LogP contribution in [0.5, 0.6) is 0 Å². The SMILES string of the molecule is CN1CCN(c2ncc(S(=O)(=O)Cl)s2)CC1.CN1CCN(c2nccs2)CC1.